The van der Waals surface area contributed by atoms with Gasteiger partial charge < -0.3 is 4.98 Å². The molecule has 1 aromatic heterocycles. The second kappa shape index (κ2) is 5.51. The van der Waals surface area contributed by atoms with Crippen molar-refractivity contribution in [3.8, 4) is 0 Å². The summed E-state index contributed by atoms with van der Waals surface area (Å²) in [6, 6.07) is 7.07. The summed E-state index contributed by atoms with van der Waals surface area (Å²) in [5, 5.41) is 0.904. The Balaban J connectivity index is 2.10. The number of aromatic amines is 1. The largest absolute Gasteiger partial charge is 0.346 e. The van der Waals surface area contributed by atoms with E-state index in [-0.39, 0.29) is 0 Å². The van der Waals surface area contributed by atoms with Gasteiger partial charge in [0, 0.05) is 24.0 Å². The van der Waals surface area contributed by atoms with Crippen LogP contribution in [0, 0.1) is 11.6 Å². The molecule has 1 saturated heterocycles. The molecular weight excluding hydrogens is 304 g/mol. The molecule has 0 atom stereocenters. The van der Waals surface area contributed by atoms with E-state index < -0.39 is 10.0 Å². The number of sulfonamides is 1. The SMILES string of the molecule is Cc1cc(=S)[nH]c2ccc(S(=O)(=O)N3CCCCC3)cc12. The predicted molar refractivity (Wildman–Crippen MR) is 86.5 cm³/mol. The van der Waals surface area contributed by atoms with Crippen LogP contribution in [0.3, 0.4) is 0 Å². The fourth-order valence-electron chi connectivity index (χ4n) is 2.82. The standard InChI is InChI=1S/C15H18N2O2S2/c1-11-9-15(20)16-14-6-5-12(10-13(11)14)21(18,19)17-7-3-2-4-8-17/h5-6,9-10H,2-4,7-8H2,1H3,(H,16,20). The Morgan fingerprint density at radius 3 is 2.57 bits per heavy atom. The van der Waals surface area contributed by atoms with E-state index in [1.807, 2.05) is 13.0 Å². The monoisotopic (exact) mass is 322 g/mol. The summed E-state index contributed by atoms with van der Waals surface area (Å²) in [6.45, 7) is 3.19. The Morgan fingerprint density at radius 2 is 1.86 bits per heavy atom. The first-order valence-corrected chi connectivity index (χ1v) is 8.97. The molecule has 0 aliphatic carbocycles. The number of fused-ring (bicyclic) bond motifs is 1. The average molecular weight is 322 g/mol. The number of hydrogen-bond acceptors (Lipinski definition) is 3. The van der Waals surface area contributed by atoms with Crippen molar-refractivity contribution < 1.29 is 8.42 Å². The fourth-order valence-corrected chi connectivity index (χ4v) is 4.65. The molecule has 3 rings (SSSR count). The highest BCUT2D eigenvalue weighted by atomic mass is 32.2. The van der Waals surface area contributed by atoms with Crippen molar-refractivity contribution in [3.05, 3.63) is 34.5 Å². The second-order valence-electron chi connectivity index (χ2n) is 5.49. The highest BCUT2D eigenvalue weighted by molar-refractivity contribution is 7.89. The second-order valence-corrected chi connectivity index (χ2v) is 7.87. The quantitative estimate of drug-likeness (QED) is 0.862. The van der Waals surface area contributed by atoms with Gasteiger partial charge in [0.05, 0.1) is 4.90 Å². The zero-order valence-electron chi connectivity index (χ0n) is 11.9. The Kier molecular flexibility index (Phi) is 3.86. The minimum atomic E-state index is -3.39. The number of H-pyrrole nitrogens is 1. The molecule has 0 bridgehead atoms. The first-order valence-electron chi connectivity index (χ1n) is 7.12. The number of hydrogen-bond donors (Lipinski definition) is 1. The first kappa shape index (κ1) is 14.7. The van der Waals surface area contributed by atoms with Gasteiger partial charge in [0.25, 0.3) is 0 Å². The maximum atomic E-state index is 12.7. The van der Waals surface area contributed by atoms with Gasteiger partial charge in [0.15, 0.2) is 0 Å². The number of nitrogens with one attached hydrogen (secondary N) is 1. The maximum Gasteiger partial charge on any atom is 0.243 e. The first-order chi connectivity index (χ1) is 9.98. The molecule has 1 aliphatic heterocycles. The molecule has 4 nitrogen and oxygen atoms in total. The molecule has 2 heterocycles. The minimum Gasteiger partial charge on any atom is -0.346 e. The van der Waals surface area contributed by atoms with Crippen LogP contribution < -0.4 is 0 Å². The van der Waals surface area contributed by atoms with Crippen molar-refractivity contribution in [1.82, 2.24) is 9.29 Å². The molecule has 21 heavy (non-hydrogen) atoms. The van der Waals surface area contributed by atoms with Crippen molar-refractivity contribution in [3.63, 3.8) is 0 Å². The van der Waals surface area contributed by atoms with Crippen LogP contribution in [0.1, 0.15) is 24.8 Å². The van der Waals surface area contributed by atoms with Crippen LogP contribution >= 0.6 is 12.2 Å². The molecule has 0 amide bonds. The predicted octanol–water partition coefficient (Wildman–Crippen LogP) is 3.38. The molecule has 0 spiro atoms. The minimum absolute atomic E-state index is 0.366. The van der Waals surface area contributed by atoms with E-state index in [1.54, 1.807) is 22.5 Å². The zero-order chi connectivity index (χ0) is 15.0. The molecular formula is C15H18N2O2S2. The maximum absolute atomic E-state index is 12.7. The number of pyridine rings is 1. The molecule has 1 aliphatic rings. The topological polar surface area (TPSA) is 53.2 Å². The van der Waals surface area contributed by atoms with Gasteiger partial charge in [0.1, 0.15) is 4.64 Å². The van der Waals surface area contributed by atoms with Crippen LogP contribution in [-0.2, 0) is 10.0 Å². The summed E-state index contributed by atoms with van der Waals surface area (Å²) in [6.07, 6.45) is 3.00. The molecule has 6 heteroatoms. The summed E-state index contributed by atoms with van der Waals surface area (Å²) in [5.41, 5.74) is 1.86. The van der Waals surface area contributed by atoms with Gasteiger partial charge in [-0.25, -0.2) is 8.42 Å². The lowest BCUT2D eigenvalue weighted by molar-refractivity contribution is 0.346. The number of benzene rings is 1. The number of aryl methyl sites for hydroxylation is 1. The van der Waals surface area contributed by atoms with E-state index in [2.05, 4.69) is 4.98 Å². The van der Waals surface area contributed by atoms with Gasteiger partial charge in [-0.2, -0.15) is 4.31 Å². The van der Waals surface area contributed by atoms with Crippen LogP contribution in [0.2, 0.25) is 0 Å². The molecule has 2 aromatic rings. The third kappa shape index (κ3) is 2.75. The Bertz CT molecular complexity index is 834. The lowest BCUT2D eigenvalue weighted by atomic mass is 10.1. The van der Waals surface area contributed by atoms with Crippen molar-refractivity contribution in [2.45, 2.75) is 31.1 Å². The number of piperidine rings is 1. The summed E-state index contributed by atoms with van der Waals surface area (Å²) < 4.78 is 27.7. The molecule has 0 unspecified atom stereocenters. The number of rotatable bonds is 2. The summed E-state index contributed by atoms with van der Waals surface area (Å²) in [5.74, 6) is 0. The summed E-state index contributed by atoms with van der Waals surface area (Å²) in [4.78, 5) is 3.46. The Hall–Kier alpha value is -1.24. The van der Waals surface area contributed by atoms with Gasteiger partial charge in [0.2, 0.25) is 10.0 Å². The van der Waals surface area contributed by atoms with E-state index in [0.717, 1.165) is 35.7 Å². The van der Waals surface area contributed by atoms with Gasteiger partial charge in [-0.15, -0.1) is 0 Å². The van der Waals surface area contributed by atoms with Crippen molar-refractivity contribution in [2.24, 2.45) is 0 Å². The third-order valence-electron chi connectivity index (χ3n) is 3.97. The average Bonchev–Trinajstić information content (AvgIpc) is 2.47. The zero-order valence-corrected chi connectivity index (χ0v) is 13.6. The molecule has 112 valence electrons. The van der Waals surface area contributed by atoms with Gasteiger partial charge in [-0.1, -0.05) is 18.6 Å². The van der Waals surface area contributed by atoms with Crippen molar-refractivity contribution in [2.75, 3.05) is 13.1 Å². The van der Waals surface area contributed by atoms with Crippen LogP contribution in [0.5, 0.6) is 0 Å². The van der Waals surface area contributed by atoms with E-state index in [9.17, 15) is 8.42 Å². The lowest BCUT2D eigenvalue weighted by Gasteiger charge is -2.26. The number of nitrogens with zero attached hydrogens (tertiary/aromatic N) is 1. The van der Waals surface area contributed by atoms with Crippen LogP contribution in [0.25, 0.3) is 10.9 Å². The molecule has 1 fully saturated rings. The summed E-state index contributed by atoms with van der Waals surface area (Å²) >= 11 is 5.15. The van der Waals surface area contributed by atoms with Crippen LogP contribution in [0.4, 0.5) is 0 Å². The highest BCUT2D eigenvalue weighted by Crippen LogP contribution is 2.25. The van der Waals surface area contributed by atoms with Crippen molar-refractivity contribution in [1.29, 1.82) is 0 Å². The van der Waals surface area contributed by atoms with Gasteiger partial charge in [-0.05, 0) is 49.6 Å². The molecule has 1 aromatic carbocycles. The summed E-state index contributed by atoms with van der Waals surface area (Å²) in [7, 11) is -3.39. The van der Waals surface area contributed by atoms with Crippen LogP contribution in [0.15, 0.2) is 29.2 Å². The van der Waals surface area contributed by atoms with Gasteiger partial charge >= 0.3 is 0 Å². The van der Waals surface area contributed by atoms with Gasteiger partial charge in [-0.3, -0.25) is 0 Å². The van der Waals surface area contributed by atoms with E-state index in [1.165, 1.54) is 0 Å². The highest BCUT2D eigenvalue weighted by Gasteiger charge is 2.26. The lowest BCUT2D eigenvalue weighted by Crippen LogP contribution is -2.35. The molecule has 0 saturated carbocycles. The smallest absolute Gasteiger partial charge is 0.243 e. The van der Waals surface area contributed by atoms with Crippen LogP contribution in [-0.4, -0.2) is 30.8 Å². The third-order valence-corrected chi connectivity index (χ3v) is 6.09. The fraction of sp³-hybridized carbons (Fsp3) is 0.400. The Morgan fingerprint density at radius 1 is 1.14 bits per heavy atom. The van der Waals surface area contributed by atoms with E-state index in [4.69, 9.17) is 12.2 Å². The normalized spacial score (nSPS) is 17.2. The molecule has 1 N–H and O–H groups in total. The van der Waals surface area contributed by atoms with E-state index >= 15 is 0 Å². The molecule has 0 radical (unpaired) electrons. The Labute approximate surface area is 129 Å². The number of aromatic nitrogens is 1. The van der Waals surface area contributed by atoms with Crippen molar-refractivity contribution >= 4 is 33.1 Å². The van der Waals surface area contributed by atoms with E-state index in [0.29, 0.717) is 22.6 Å².